The van der Waals surface area contributed by atoms with Crippen molar-refractivity contribution >= 4 is 5.57 Å². The van der Waals surface area contributed by atoms with E-state index in [9.17, 15) is 9.50 Å². The van der Waals surface area contributed by atoms with Crippen molar-refractivity contribution in [1.82, 2.24) is 0 Å². The molecule has 0 bridgehead atoms. The van der Waals surface area contributed by atoms with Crippen LogP contribution in [-0.4, -0.2) is 18.3 Å². The average Bonchev–Trinajstić information content (AvgIpc) is 2.23. The zero-order valence-electron chi connectivity index (χ0n) is 7.66. The Morgan fingerprint density at radius 3 is 2.93 bits per heavy atom. The summed E-state index contributed by atoms with van der Waals surface area (Å²) in [5.41, 5.74) is 1.53. The molecule has 0 aromatic heterocycles. The molecule has 1 aliphatic rings. The number of rotatable bonds is 1. The van der Waals surface area contributed by atoms with Crippen LogP contribution in [0.1, 0.15) is 12.0 Å². The second kappa shape index (κ2) is 3.80. The Balaban J connectivity index is 2.39. The molecule has 74 valence electrons. The molecule has 2 rings (SSSR count). The number of halogens is 1. The Hall–Kier alpha value is -1.35. The highest BCUT2D eigenvalue weighted by Gasteiger charge is 2.11. The lowest BCUT2D eigenvalue weighted by molar-refractivity contribution is 0.161. The van der Waals surface area contributed by atoms with Gasteiger partial charge < -0.3 is 9.84 Å². The molecule has 1 aromatic rings. The van der Waals surface area contributed by atoms with Crippen molar-refractivity contribution in [1.29, 1.82) is 0 Å². The molecule has 3 heteroatoms. The third-order valence-corrected chi connectivity index (χ3v) is 2.27. The van der Waals surface area contributed by atoms with Crippen LogP contribution in [0.2, 0.25) is 0 Å². The molecule has 0 saturated heterocycles. The minimum atomic E-state index is -0.329. The number of ether oxygens (including phenoxy) is 1. The molecule has 0 fully saturated rings. The van der Waals surface area contributed by atoms with Gasteiger partial charge in [-0.2, -0.15) is 0 Å². The summed E-state index contributed by atoms with van der Waals surface area (Å²) < 4.78 is 18.1. The predicted molar refractivity (Wildman–Crippen MR) is 51.5 cm³/mol. The Morgan fingerprint density at radius 1 is 1.36 bits per heavy atom. The molecule has 1 N–H and O–H groups in total. The van der Waals surface area contributed by atoms with E-state index in [1.165, 1.54) is 18.2 Å². The van der Waals surface area contributed by atoms with Crippen LogP contribution >= 0.6 is 0 Å². The van der Waals surface area contributed by atoms with E-state index in [2.05, 4.69) is 0 Å². The van der Waals surface area contributed by atoms with E-state index in [1.807, 2.05) is 6.08 Å². The van der Waals surface area contributed by atoms with Gasteiger partial charge in [-0.05, 0) is 30.2 Å². The molecule has 1 aromatic carbocycles. The van der Waals surface area contributed by atoms with Crippen LogP contribution in [0.25, 0.3) is 5.57 Å². The van der Waals surface area contributed by atoms with E-state index >= 15 is 0 Å². The second-order valence-electron chi connectivity index (χ2n) is 3.22. The summed E-state index contributed by atoms with van der Waals surface area (Å²) in [6.45, 7) is 1.16. The number of phenolic OH excluding ortho intramolecular Hbond substituents is 1. The first kappa shape index (κ1) is 9.21. The zero-order valence-corrected chi connectivity index (χ0v) is 7.66. The minimum absolute atomic E-state index is 0.125. The zero-order chi connectivity index (χ0) is 9.97. The van der Waals surface area contributed by atoms with Crippen molar-refractivity contribution in [3.05, 3.63) is 35.7 Å². The molecule has 0 aliphatic carbocycles. The van der Waals surface area contributed by atoms with Crippen LogP contribution in [-0.2, 0) is 4.74 Å². The summed E-state index contributed by atoms with van der Waals surface area (Å²) in [5, 5.41) is 9.54. The van der Waals surface area contributed by atoms with Gasteiger partial charge >= 0.3 is 0 Å². The number of aromatic hydroxyl groups is 1. The standard InChI is InChI=1S/C11H11FO2/c12-9-1-2-11(13)10(7-9)8-3-5-14-6-4-8/h1-3,7,13H,4-6H2. The topological polar surface area (TPSA) is 29.5 Å². The van der Waals surface area contributed by atoms with E-state index < -0.39 is 0 Å². The van der Waals surface area contributed by atoms with Gasteiger partial charge in [0.1, 0.15) is 11.6 Å². The summed E-state index contributed by atoms with van der Waals surface area (Å²) in [7, 11) is 0. The maximum atomic E-state index is 12.9. The maximum absolute atomic E-state index is 12.9. The number of hydrogen-bond acceptors (Lipinski definition) is 2. The van der Waals surface area contributed by atoms with Crippen LogP contribution in [0.4, 0.5) is 4.39 Å². The van der Waals surface area contributed by atoms with Crippen molar-refractivity contribution < 1.29 is 14.2 Å². The van der Waals surface area contributed by atoms with Crippen LogP contribution in [0.15, 0.2) is 24.3 Å². The van der Waals surface area contributed by atoms with Gasteiger partial charge in [-0.25, -0.2) is 4.39 Å². The lowest BCUT2D eigenvalue weighted by Crippen LogP contribution is -2.03. The monoisotopic (exact) mass is 194 g/mol. The predicted octanol–water partition coefficient (Wildman–Crippen LogP) is 2.33. The fourth-order valence-corrected chi connectivity index (χ4v) is 1.54. The third-order valence-electron chi connectivity index (χ3n) is 2.27. The van der Waals surface area contributed by atoms with E-state index in [0.717, 1.165) is 12.0 Å². The van der Waals surface area contributed by atoms with Gasteiger partial charge in [0, 0.05) is 5.56 Å². The lowest BCUT2D eigenvalue weighted by Gasteiger charge is -2.14. The SMILES string of the molecule is Oc1ccc(F)cc1C1=CCOCC1. The molecule has 0 spiro atoms. The largest absolute Gasteiger partial charge is 0.507 e. The number of benzene rings is 1. The van der Waals surface area contributed by atoms with Gasteiger partial charge in [0.25, 0.3) is 0 Å². The van der Waals surface area contributed by atoms with Gasteiger partial charge in [0.2, 0.25) is 0 Å². The fourth-order valence-electron chi connectivity index (χ4n) is 1.54. The minimum Gasteiger partial charge on any atom is -0.507 e. The van der Waals surface area contributed by atoms with Gasteiger partial charge in [-0.15, -0.1) is 0 Å². The molecular formula is C11H11FO2. The van der Waals surface area contributed by atoms with Crippen molar-refractivity contribution in [2.45, 2.75) is 6.42 Å². The summed E-state index contributed by atoms with van der Waals surface area (Å²) in [6.07, 6.45) is 2.59. The van der Waals surface area contributed by atoms with Crippen LogP contribution in [0, 0.1) is 5.82 Å². The quantitative estimate of drug-likeness (QED) is 0.743. The average molecular weight is 194 g/mol. The van der Waals surface area contributed by atoms with Crippen LogP contribution in [0.5, 0.6) is 5.75 Å². The molecule has 0 amide bonds. The molecule has 1 heterocycles. The first-order valence-corrected chi connectivity index (χ1v) is 4.53. The molecule has 0 unspecified atom stereocenters. The first-order chi connectivity index (χ1) is 6.77. The van der Waals surface area contributed by atoms with E-state index in [4.69, 9.17) is 4.74 Å². The number of phenols is 1. The van der Waals surface area contributed by atoms with Gasteiger partial charge in [0.05, 0.1) is 13.2 Å². The van der Waals surface area contributed by atoms with E-state index in [-0.39, 0.29) is 11.6 Å². The highest BCUT2D eigenvalue weighted by molar-refractivity contribution is 5.70. The number of hydrogen-bond donors (Lipinski definition) is 1. The van der Waals surface area contributed by atoms with Crippen molar-refractivity contribution in [2.24, 2.45) is 0 Å². The molecule has 0 saturated carbocycles. The Kier molecular flexibility index (Phi) is 2.50. The van der Waals surface area contributed by atoms with Gasteiger partial charge in [-0.1, -0.05) is 6.08 Å². The Bertz CT molecular complexity index is 372. The summed E-state index contributed by atoms with van der Waals surface area (Å²) in [4.78, 5) is 0. The van der Waals surface area contributed by atoms with Gasteiger partial charge in [0.15, 0.2) is 0 Å². The van der Waals surface area contributed by atoms with E-state index in [1.54, 1.807) is 0 Å². The van der Waals surface area contributed by atoms with Crippen LogP contribution < -0.4 is 0 Å². The maximum Gasteiger partial charge on any atom is 0.124 e. The molecule has 0 atom stereocenters. The second-order valence-corrected chi connectivity index (χ2v) is 3.22. The summed E-state index contributed by atoms with van der Waals surface area (Å²) >= 11 is 0. The highest BCUT2D eigenvalue weighted by atomic mass is 19.1. The summed E-state index contributed by atoms with van der Waals surface area (Å²) in [5.74, 6) is -0.204. The van der Waals surface area contributed by atoms with Crippen molar-refractivity contribution in [3.63, 3.8) is 0 Å². The normalized spacial score (nSPS) is 16.5. The van der Waals surface area contributed by atoms with Crippen LogP contribution in [0.3, 0.4) is 0 Å². The molecule has 14 heavy (non-hydrogen) atoms. The van der Waals surface area contributed by atoms with Gasteiger partial charge in [-0.3, -0.25) is 0 Å². The van der Waals surface area contributed by atoms with Crippen molar-refractivity contribution in [3.8, 4) is 5.75 Å². The first-order valence-electron chi connectivity index (χ1n) is 4.53. The molecular weight excluding hydrogens is 183 g/mol. The third kappa shape index (κ3) is 1.77. The molecule has 2 nitrogen and oxygen atoms in total. The smallest absolute Gasteiger partial charge is 0.124 e. The van der Waals surface area contributed by atoms with E-state index in [0.29, 0.717) is 18.8 Å². The summed E-state index contributed by atoms with van der Waals surface area (Å²) in [6, 6.07) is 3.98. The molecule has 1 aliphatic heterocycles. The highest BCUT2D eigenvalue weighted by Crippen LogP contribution is 2.29. The lowest BCUT2D eigenvalue weighted by atomic mass is 10.0. The Labute approximate surface area is 81.6 Å². The Morgan fingerprint density at radius 2 is 2.21 bits per heavy atom. The fraction of sp³-hybridized carbons (Fsp3) is 0.273. The molecule has 0 radical (unpaired) electrons. The van der Waals surface area contributed by atoms with Crippen molar-refractivity contribution in [2.75, 3.05) is 13.2 Å².